The van der Waals surface area contributed by atoms with Gasteiger partial charge < -0.3 is 24.5 Å². The lowest BCUT2D eigenvalue weighted by Gasteiger charge is -2.15. The second kappa shape index (κ2) is 9.38. The van der Waals surface area contributed by atoms with Gasteiger partial charge in [0.25, 0.3) is 11.8 Å². The lowest BCUT2D eigenvalue weighted by molar-refractivity contribution is -0.129. The van der Waals surface area contributed by atoms with Gasteiger partial charge in [-0.05, 0) is 31.2 Å². The minimum atomic E-state index is -0.992. The molecule has 0 spiro atoms. The Labute approximate surface area is 150 Å². The summed E-state index contributed by atoms with van der Waals surface area (Å²) in [5, 5.41) is 5.17. The molecule has 138 valence electrons. The Kier molecular flexibility index (Phi) is 6.92. The number of benzene rings is 1. The third-order valence-corrected chi connectivity index (χ3v) is 3.40. The van der Waals surface area contributed by atoms with Crippen LogP contribution in [0.5, 0.6) is 0 Å². The number of nitrogens with one attached hydrogen (secondary N) is 2. The Morgan fingerprint density at radius 3 is 2.62 bits per heavy atom. The zero-order valence-corrected chi connectivity index (χ0v) is 14.5. The second-order valence-electron chi connectivity index (χ2n) is 5.31. The third-order valence-electron chi connectivity index (χ3n) is 3.40. The van der Waals surface area contributed by atoms with E-state index in [1.165, 1.54) is 32.4 Å². The summed E-state index contributed by atoms with van der Waals surface area (Å²) in [6, 6.07) is 9.43. The first-order valence-corrected chi connectivity index (χ1v) is 7.94. The zero-order chi connectivity index (χ0) is 18.9. The van der Waals surface area contributed by atoms with Crippen LogP contribution in [0.25, 0.3) is 0 Å². The molecule has 2 amide bonds. The van der Waals surface area contributed by atoms with Crippen LogP contribution < -0.4 is 10.6 Å². The van der Waals surface area contributed by atoms with Gasteiger partial charge in [-0.2, -0.15) is 0 Å². The van der Waals surface area contributed by atoms with E-state index < -0.39 is 23.9 Å². The number of para-hydroxylation sites is 1. The summed E-state index contributed by atoms with van der Waals surface area (Å²) in [6.07, 6.45) is 0.382. The number of ether oxygens (including phenoxy) is 2. The molecule has 26 heavy (non-hydrogen) atoms. The first kappa shape index (κ1) is 19.2. The fourth-order valence-corrected chi connectivity index (χ4v) is 2.06. The van der Waals surface area contributed by atoms with Crippen LogP contribution >= 0.6 is 0 Å². The molecule has 1 aromatic carbocycles. The van der Waals surface area contributed by atoms with Gasteiger partial charge in [0.05, 0.1) is 24.1 Å². The Morgan fingerprint density at radius 2 is 1.92 bits per heavy atom. The van der Waals surface area contributed by atoms with E-state index >= 15 is 0 Å². The van der Waals surface area contributed by atoms with Crippen molar-refractivity contribution in [2.75, 3.05) is 25.6 Å². The Balaban J connectivity index is 2.02. The average molecular weight is 360 g/mol. The predicted octanol–water partition coefficient (Wildman–Crippen LogP) is 1.84. The molecular weight excluding hydrogens is 340 g/mol. The van der Waals surface area contributed by atoms with Gasteiger partial charge in [0.15, 0.2) is 11.9 Å². The molecule has 0 aliphatic heterocycles. The number of esters is 1. The monoisotopic (exact) mass is 360 g/mol. The van der Waals surface area contributed by atoms with Crippen molar-refractivity contribution in [3.8, 4) is 0 Å². The lowest BCUT2D eigenvalue weighted by atomic mass is 10.1. The van der Waals surface area contributed by atoms with Gasteiger partial charge in [-0.15, -0.1) is 0 Å². The van der Waals surface area contributed by atoms with Crippen LogP contribution in [0.2, 0.25) is 0 Å². The first-order valence-electron chi connectivity index (χ1n) is 7.94. The smallest absolute Gasteiger partial charge is 0.341 e. The van der Waals surface area contributed by atoms with Crippen LogP contribution in [0.3, 0.4) is 0 Å². The minimum Gasteiger partial charge on any atom is -0.459 e. The highest BCUT2D eigenvalue weighted by atomic mass is 16.5. The maximum atomic E-state index is 12.4. The standard InChI is InChI=1S/C18H20N2O6/c1-12(16(21)19-9-11-24-2)26-18(23)13-6-3-4-7-14(13)20-17(22)15-8-5-10-25-15/h3-8,10,12H,9,11H2,1-2H3,(H,19,21)(H,20,22)/t12-/m1/s1. The largest absolute Gasteiger partial charge is 0.459 e. The Hall–Kier alpha value is -3.13. The molecule has 2 N–H and O–H groups in total. The molecule has 1 atom stereocenters. The van der Waals surface area contributed by atoms with Crippen molar-refractivity contribution in [2.24, 2.45) is 0 Å². The van der Waals surface area contributed by atoms with Gasteiger partial charge in [-0.3, -0.25) is 9.59 Å². The topological polar surface area (TPSA) is 107 Å². The van der Waals surface area contributed by atoms with Gasteiger partial charge in [-0.1, -0.05) is 12.1 Å². The van der Waals surface area contributed by atoms with Crippen molar-refractivity contribution in [3.63, 3.8) is 0 Å². The molecule has 2 aromatic rings. The van der Waals surface area contributed by atoms with E-state index in [2.05, 4.69) is 10.6 Å². The van der Waals surface area contributed by atoms with E-state index in [-0.39, 0.29) is 17.0 Å². The van der Waals surface area contributed by atoms with E-state index in [4.69, 9.17) is 13.9 Å². The maximum Gasteiger partial charge on any atom is 0.341 e. The molecule has 1 heterocycles. The first-order chi connectivity index (χ1) is 12.5. The molecular formula is C18H20N2O6. The molecule has 0 aliphatic carbocycles. The quantitative estimate of drug-likeness (QED) is 0.549. The van der Waals surface area contributed by atoms with E-state index in [1.54, 1.807) is 24.3 Å². The molecule has 0 saturated heterocycles. The molecule has 0 fully saturated rings. The third kappa shape index (κ3) is 5.18. The van der Waals surface area contributed by atoms with E-state index in [0.717, 1.165) is 0 Å². The number of furan rings is 1. The van der Waals surface area contributed by atoms with Crippen LogP contribution in [0.4, 0.5) is 5.69 Å². The van der Waals surface area contributed by atoms with Crippen molar-refractivity contribution in [3.05, 3.63) is 54.0 Å². The number of carbonyl (C=O) groups excluding carboxylic acids is 3. The van der Waals surface area contributed by atoms with Crippen molar-refractivity contribution < 1.29 is 28.3 Å². The maximum absolute atomic E-state index is 12.4. The fourth-order valence-electron chi connectivity index (χ4n) is 2.06. The molecule has 1 aromatic heterocycles. The predicted molar refractivity (Wildman–Crippen MR) is 92.9 cm³/mol. The number of amides is 2. The highest BCUT2D eigenvalue weighted by Gasteiger charge is 2.21. The van der Waals surface area contributed by atoms with Crippen LogP contribution in [-0.4, -0.2) is 44.1 Å². The number of carbonyl (C=O) groups is 3. The van der Waals surface area contributed by atoms with E-state index in [9.17, 15) is 14.4 Å². The minimum absolute atomic E-state index is 0.110. The Morgan fingerprint density at radius 1 is 1.15 bits per heavy atom. The zero-order valence-electron chi connectivity index (χ0n) is 14.5. The Bertz CT molecular complexity index is 757. The summed E-state index contributed by atoms with van der Waals surface area (Å²) in [4.78, 5) is 36.3. The van der Waals surface area contributed by atoms with Gasteiger partial charge in [-0.25, -0.2) is 4.79 Å². The van der Waals surface area contributed by atoms with E-state index in [1.807, 2.05) is 0 Å². The summed E-state index contributed by atoms with van der Waals surface area (Å²) in [5.41, 5.74) is 0.384. The van der Waals surface area contributed by atoms with Gasteiger partial charge in [0.1, 0.15) is 0 Å². The summed E-state index contributed by atoms with van der Waals surface area (Å²) in [5.74, 6) is -1.55. The van der Waals surface area contributed by atoms with E-state index in [0.29, 0.717) is 13.2 Å². The van der Waals surface area contributed by atoms with Gasteiger partial charge >= 0.3 is 5.97 Å². The van der Waals surface area contributed by atoms with Crippen LogP contribution in [0.1, 0.15) is 27.8 Å². The van der Waals surface area contributed by atoms with Crippen molar-refractivity contribution in [2.45, 2.75) is 13.0 Å². The number of anilines is 1. The van der Waals surface area contributed by atoms with Crippen LogP contribution in [0.15, 0.2) is 47.1 Å². The van der Waals surface area contributed by atoms with Gasteiger partial charge in [0, 0.05) is 13.7 Å². The molecule has 2 rings (SSSR count). The number of rotatable bonds is 8. The highest BCUT2D eigenvalue weighted by molar-refractivity contribution is 6.06. The second-order valence-corrected chi connectivity index (χ2v) is 5.31. The van der Waals surface area contributed by atoms with Crippen LogP contribution in [0, 0.1) is 0 Å². The lowest BCUT2D eigenvalue weighted by Crippen LogP contribution is -2.37. The summed E-state index contributed by atoms with van der Waals surface area (Å²) >= 11 is 0. The van der Waals surface area contributed by atoms with Crippen molar-refractivity contribution in [1.29, 1.82) is 0 Å². The molecule has 0 bridgehead atoms. The molecule has 8 nitrogen and oxygen atoms in total. The number of hydrogen-bond donors (Lipinski definition) is 2. The molecule has 8 heteroatoms. The number of hydrogen-bond acceptors (Lipinski definition) is 6. The fraction of sp³-hybridized carbons (Fsp3) is 0.278. The highest BCUT2D eigenvalue weighted by Crippen LogP contribution is 2.18. The molecule has 0 aliphatic rings. The molecule has 0 unspecified atom stereocenters. The summed E-state index contributed by atoms with van der Waals surface area (Å²) < 4.78 is 15.0. The van der Waals surface area contributed by atoms with Gasteiger partial charge in [0.2, 0.25) is 0 Å². The summed E-state index contributed by atoms with van der Waals surface area (Å²) in [6.45, 7) is 2.13. The van der Waals surface area contributed by atoms with Crippen LogP contribution in [-0.2, 0) is 14.3 Å². The normalized spacial score (nSPS) is 11.5. The number of methoxy groups -OCH3 is 1. The average Bonchev–Trinajstić information content (AvgIpc) is 3.17. The van der Waals surface area contributed by atoms with Crippen molar-refractivity contribution >= 4 is 23.5 Å². The SMILES string of the molecule is COCCNC(=O)[C@@H](C)OC(=O)c1ccccc1NC(=O)c1ccco1. The summed E-state index contributed by atoms with van der Waals surface area (Å²) in [7, 11) is 1.52. The van der Waals surface area contributed by atoms with Crippen molar-refractivity contribution in [1.82, 2.24) is 5.32 Å². The molecule has 0 radical (unpaired) electrons. The molecule has 0 saturated carbocycles.